The maximum absolute atomic E-state index is 11.9. The molecule has 1 saturated carbocycles. The Morgan fingerprint density at radius 3 is 3.11 bits per heavy atom. The van der Waals surface area contributed by atoms with Crippen LogP contribution in [-0.2, 0) is 0 Å². The van der Waals surface area contributed by atoms with Gasteiger partial charge in [-0.05, 0) is 19.8 Å². The second-order valence-electron chi connectivity index (χ2n) is 4.45. The first-order chi connectivity index (χ1) is 8.74. The van der Waals surface area contributed by atoms with Gasteiger partial charge in [0.2, 0.25) is 0 Å². The molecule has 2 aromatic heterocycles. The van der Waals surface area contributed by atoms with E-state index in [1.807, 2.05) is 6.92 Å². The molecule has 1 unspecified atom stereocenters. The lowest BCUT2D eigenvalue weighted by atomic mass is 10.2. The predicted molar refractivity (Wildman–Crippen MR) is 60.7 cm³/mol. The van der Waals surface area contributed by atoms with Crippen molar-refractivity contribution in [3.05, 3.63) is 29.7 Å². The second-order valence-corrected chi connectivity index (χ2v) is 4.45. The summed E-state index contributed by atoms with van der Waals surface area (Å²) in [5.41, 5.74) is 0.309. The highest BCUT2D eigenvalue weighted by Crippen LogP contribution is 2.40. The summed E-state index contributed by atoms with van der Waals surface area (Å²) in [7, 11) is 0. The minimum Gasteiger partial charge on any atom is -0.360 e. The van der Waals surface area contributed by atoms with Gasteiger partial charge in [0.05, 0.1) is 6.04 Å². The van der Waals surface area contributed by atoms with Crippen molar-refractivity contribution < 1.29 is 9.32 Å². The van der Waals surface area contributed by atoms with Crippen molar-refractivity contribution in [3.63, 3.8) is 0 Å². The van der Waals surface area contributed by atoms with Gasteiger partial charge in [0.25, 0.3) is 5.91 Å². The van der Waals surface area contributed by atoms with Crippen LogP contribution in [0.3, 0.4) is 0 Å². The Bertz CT molecular complexity index is 544. The molecule has 0 aliphatic heterocycles. The largest absolute Gasteiger partial charge is 0.360 e. The van der Waals surface area contributed by atoms with Gasteiger partial charge in [0.1, 0.15) is 17.9 Å². The van der Waals surface area contributed by atoms with E-state index in [9.17, 15) is 4.79 Å². The van der Waals surface area contributed by atoms with Crippen LogP contribution < -0.4 is 5.32 Å². The average Bonchev–Trinajstić information content (AvgIpc) is 2.91. The molecule has 1 aliphatic carbocycles. The lowest BCUT2D eigenvalue weighted by Gasteiger charge is -2.08. The van der Waals surface area contributed by atoms with E-state index in [0.717, 1.165) is 18.6 Å². The Morgan fingerprint density at radius 1 is 1.61 bits per heavy atom. The number of hydrogen-bond acceptors (Lipinski definition) is 5. The van der Waals surface area contributed by atoms with E-state index in [1.54, 1.807) is 6.07 Å². The molecule has 18 heavy (non-hydrogen) atoms. The highest BCUT2D eigenvalue weighted by Gasteiger charge is 2.29. The van der Waals surface area contributed by atoms with Crippen LogP contribution in [0.15, 0.2) is 16.9 Å². The van der Waals surface area contributed by atoms with Crippen molar-refractivity contribution in [1.29, 1.82) is 0 Å². The summed E-state index contributed by atoms with van der Waals surface area (Å²) in [5.74, 6) is 1.59. The SMILES string of the molecule is CC(NC(=O)c1cc(C2CC2)on1)c1ncn[nH]1. The lowest BCUT2D eigenvalue weighted by Crippen LogP contribution is -2.27. The summed E-state index contributed by atoms with van der Waals surface area (Å²) in [6.07, 6.45) is 3.63. The molecule has 1 fully saturated rings. The maximum Gasteiger partial charge on any atom is 0.274 e. The number of hydrogen-bond donors (Lipinski definition) is 2. The molecule has 1 atom stereocenters. The third kappa shape index (κ3) is 2.11. The Hall–Kier alpha value is -2.18. The fourth-order valence-corrected chi connectivity index (χ4v) is 1.72. The topological polar surface area (TPSA) is 96.7 Å². The van der Waals surface area contributed by atoms with Gasteiger partial charge >= 0.3 is 0 Å². The molecular formula is C11H13N5O2. The molecular weight excluding hydrogens is 234 g/mol. The zero-order valence-electron chi connectivity index (χ0n) is 9.88. The molecule has 7 nitrogen and oxygen atoms in total. The van der Waals surface area contributed by atoms with Gasteiger partial charge in [-0.15, -0.1) is 0 Å². The van der Waals surface area contributed by atoms with Crippen molar-refractivity contribution in [1.82, 2.24) is 25.7 Å². The number of nitrogens with one attached hydrogen (secondary N) is 2. The first-order valence-electron chi connectivity index (χ1n) is 5.87. The summed E-state index contributed by atoms with van der Waals surface area (Å²) < 4.78 is 5.14. The summed E-state index contributed by atoms with van der Waals surface area (Å²) in [6, 6.07) is 1.46. The molecule has 2 aromatic rings. The minimum atomic E-state index is -0.269. The van der Waals surface area contributed by atoms with Gasteiger partial charge in [-0.1, -0.05) is 5.16 Å². The van der Waals surface area contributed by atoms with Crippen LogP contribution in [0.4, 0.5) is 0 Å². The predicted octanol–water partition coefficient (Wildman–Crippen LogP) is 1.16. The molecule has 2 N–H and O–H groups in total. The standard InChI is InChI=1S/C11H13N5O2/c1-6(10-12-5-13-15-10)14-11(17)8-4-9(18-16-8)7-2-3-7/h4-7H,2-3H2,1H3,(H,14,17)(H,12,13,15). The molecule has 3 rings (SSSR count). The van der Waals surface area contributed by atoms with E-state index in [-0.39, 0.29) is 11.9 Å². The Balaban J connectivity index is 1.66. The van der Waals surface area contributed by atoms with Crippen LogP contribution in [0.25, 0.3) is 0 Å². The average molecular weight is 247 g/mol. The molecule has 94 valence electrons. The number of carbonyl (C=O) groups is 1. The zero-order valence-corrected chi connectivity index (χ0v) is 9.88. The summed E-state index contributed by atoms with van der Waals surface area (Å²) >= 11 is 0. The molecule has 1 amide bonds. The van der Waals surface area contributed by atoms with Gasteiger partial charge in [-0.2, -0.15) is 5.10 Å². The van der Waals surface area contributed by atoms with Crippen molar-refractivity contribution in [2.24, 2.45) is 0 Å². The lowest BCUT2D eigenvalue weighted by molar-refractivity contribution is 0.0929. The van der Waals surface area contributed by atoms with Crippen LogP contribution in [0.5, 0.6) is 0 Å². The van der Waals surface area contributed by atoms with Crippen molar-refractivity contribution in [2.45, 2.75) is 31.7 Å². The molecule has 1 aliphatic rings. The van der Waals surface area contributed by atoms with Crippen LogP contribution in [0.1, 0.15) is 53.8 Å². The molecule has 0 aromatic carbocycles. The molecule has 0 spiro atoms. The number of aromatic nitrogens is 4. The zero-order chi connectivity index (χ0) is 12.5. The summed E-state index contributed by atoms with van der Waals surface area (Å²) in [5, 5.41) is 13.0. The number of amides is 1. The third-order valence-corrected chi connectivity index (χ3v) is 2.93. The van der Waals surface area contributed by atoms with Gasteiger partial charge in [0, 0.05) is 12.0 Å². The van der Waals surface area contributed by atoms with Gasteiger partial charge in [-0.3, -0.25) is 9.89 Å². The van der Waals surface area contributed by atoms with Crippen LogP contribution in [-0.4, -0.2) is 26.2 Å². The fraction of sp³-hybridized carbons (Fsp3) is 0.455. The Kier molecular flexibility index (Phi) is 2.58. The fourth-order valence-electron chi connectivity index (χ4n) is 1.72. The quantitative estimate of drug-likeness (QED) is 0.845. The molecule has 0 bridgehead atoms. The second kappa shape index (κ2) is 4.25. The first kappa shape index (κ1) is 10.9. The van der Waals surface area contributed by atoms with Crippen molar-refractivity contribution in [3.8, 4) is 0 Å². The van der Waals surface area contributed by atoms with Gasteiger partial charge in [0.15, 0.2) is 5.69 Å². The normalized spacial score (nSPS) is 16.5. The maximum atomic E-state index is 11.9. The van der Waals surface area contributed by atoms with Crippen LogP contribution in [0, 0.1) is 0 Å². The van der Waals surface area contributed by atoms with Gasteiger partial charge in [-0.25, -0.2) is 4.98 Å². The number of nitrogens with zero attached hydrogens (tertiary/aromatic N) is 3. The van der Waals surface area contributed by atoms with E-state index < -0.39 is 0 Å². The molecule has 0 radical (unpaired) electrons. The van der Waals surface area contributed by atoms with Crippen LogP contribution in [0.2, 0.25) is 0 Å². The number of aromatic amines is 1. The number of carbonyl (C=O) groups excluding carboxylic acids is 1. The van der Waals surface area contributed by atoms with E-state index in [1.165, 1.54) is 6.33 Å². The van der Waals surface area contributed by atoms with E-state index in [2.05, 4.69) is 25.7 Å². The molecule has 0 saturated heterocycles. The third-order valence-electron chi connectivity index (χ3n) is 2.93. The highest BCUT2D eigenvalue weighted by atomic mass is 16.5. The monoisotopic (exact) mass is 247 g/mol. The van der Waals surface area contributed by atoms with Crippen molar-refractivity contribution in [2.75, 3.05) is 0 Å². The molecule has 2 heterocycles. The van der Waals surface area contributed by atoms with Crippen molar-refractivity contribution >= 4 is 5.91 Å². The van der Waals surface area contributed by atoms with E-state index in [0.29, 0.717) is 17.4 Å². The number of H-pyrrole nitrogens is 1. The molecule has 7 heteroatoms. The summed E-state index contributed by atoms with van der Waals surface area (Å²) in [4.78, 5) is 15.9. The van der Waals surface area contributed by atoms with E-state index in [4.69, 9.17) is 4.52 Å². The van der Waals surface area contributed by atoms with Crippen LogP contribution >= 0.6 is 0 Å². The minimum absolute atomic E-state index is 0.249. The first-order valence-corrected chi connectivity index (χ1v) is 5.87. The summed E-state index contributed by atoms with van der Waals surface area (Å²) in [6.45, 7) is 1.82. The van der Waals surface area contributed by atoms with Gasteiger partial charge < -0.3 is 9.84 Å². The van der Waals surface area contributed by atoms with E-state index >= 15 is 0 Å². The number of rotatable bonds is 4. The Morgan fingerprint density at radius 2 is 2.44 bits per heavy atom. The smallest absolute Gasteiger partial charge is 0.274 e. The Labute approximate surface area is 103 Å². The highest BCUT2D eigenvalue weighted by molar-refractivity contribution is 5.92.